The topological polar surface area (TPSA) is 34.1 Å². The maximum absolute atomic E-state index is 6.22. The molecule has 1 heterocycles. The molecule has 0 spiro atoms. The monoisotopic (exact) mass is 290 g/mol. The SMILES string of the molecule is CC1CCC(Oc2ncccc2CNC(C)(C)C)CC1C. The Morgan fingerprint density at radius 2 is 2.00 bits per heavy atom. The van der Waals surface area contributed by atoms with E-state index in [2.05, 4.69) is 51.0 Å². The summed E-state index contributed by atoms with van der Waals surface area (Å²) in [6.07, 6.45) is 5.69. The summed E-state index contributed by atoms with van der Waals surface area (Å²) >= 11 is 0. The first-order valence-corrected chi connectivity index (χ1v) is 8.21. The molecule has 0 bridgehead atoms. The molecule has 1 aliphatic carbocycles. The van der Waals surface area contributed by atoms with E-state index < -0.39 is 0 Å². The van der Waals surface area contributed by atoms with Crippen LogP contribution in [0.25, 0.3) is 0 Å². The quantitative estimate of drug-likeness (QED) is 0.903. The van der Waals surface area contributed by atoms with Gasteiger partial charge in [0.2, 0.25) is 5.88 Å². The zero-order chi connectivity index (χ0) is 15.5. The van der Waals surface area contributed by atoms with E-state index in [-0.39, 0.29) is 5.54 Å². The van der Waals surface area contributed by atoms with E-state index in [1.54, 1.807) is 0 Å². The largest absolute Gasteiger partial charge is 0.474 e. The molecule has 1 N–H and O–H groups in total. The molecule has 21 heavy (non-hydrogen) atoms. The van der Waals surface area contributed by atoms with Gasteiger partial charge in [0.05, 0.1) is 0 Å². The molecular formula is C18H30N2O. The van der Waals surface area contributed by atoms with Crippen molar-refractivity contribution in [1.29, 1.82) is 0 Å². The molecule has 3 nitrogen and oxygen atoms in total. The molecule has 1 saturated carbocycles. The number of nitrogens with one attached hydrogen (secondary N) is 1. The standard InChI is InChI=1S/C18H30N2O/c1-13-8-9-16(11-14(13)2)21-17-15(7-6-10-19-17)12-20-18(3,4)5/h6-7,10,13-14,16,20H,8-9,11-12H2,1-5H3. The van der Waals surface area contributed by atoms with Crippen LogP contribution in [0.15, 0.2) is 18.3 Å². The fraction of sp³-hybridized carbons (Fsp3) is 0.722. The Kier molecular flexibility index (Phi) is 5.26. The third-order valence-corrected chi connectivity index (χ3v) is 4.49. The van der Waals surface area contributed by atoms with Gasteiger partial charge < -0.3 is 10.1 Å². The molecule has 0 radical (unpaired) electrons. The summed E-state index contributed by atoms with van der Waals surface area (Å²) in [7, 11) is 0. The second-order valence-electron chi connectivity index (χ2n) is 7.58. The maximum atomic E-state index is 6.22. The second-order valence-corrected chi connectivity index (χ2v) is 7.58. The predicted molar refractivity (Wildman–Crippen MR) is 87.4 cm³/mol. The Morgan fingerprint density at radius 1 is 1.24 bits per heavy atom. The van der Waals surface area contributed by atoms with Crippen molar-refractivity contribution in [3.05, 3.63) is 23.9 Å². The van der Waals surface area contributed by atoms with Crippen molar-refractivity contribution >= 4 is 0 Å². The molecule has 0 aromatic carbocycles. The van der Waals surface area contributed by atoms with Crippen LogP contribution in [-0.2, 0) is 6.54 Å². The molecule has 0 aliphatic heterocycles. The predicted octanol–water partition coefficient (Wildman–Crippen LogP) is 4.17. The molecule has 3 heteroatoms. The molecule has 1 fully saturated rings. The van der Waals surface area contributed by atoms with Gasteiger partial charge in [0.15, 0.2) is 0 Å². The summed E-state index contributed by atoms with van der Waals surface area (Å²) in [6, 6.07) is 4.09. The Labute approximate surface area is 129 Å². The molecule has 1 aromatic heterocycles. The molecule has 0 saturated heterocycles. The summed E-state index contributed by atoms with van der Waals surface area (Å²) in [4.78, 5) is 4.46. The minimum Gasteiger partial charge on any atom is -0.474 e. The molecule has 118 valence electrons. The van der Waals surface area contributed by atoms with E-state index in [0.717, 1.165) is 42.7 Å². The number of ether oxygens (including phenoxy) is 1. The first kappa shape index (κ1) is 16.3. The number of aromatic nitrogens is 1. The maximum Gasteiger partial charge on any atom is 0.218 e. The number of rotatable bonds is 4. The second kappa shape index (κ2) is 6.78. The van der Waals surface area contributed by atoms with Gasteiger partial charge in [0, 0.05) is 23.8 Å². The lowest BCUT2D eigenvalue weighted by Crippen LogP contribution is -2.35. The molecule has 3 atom stereocenters. The van der Waals surface area contributed by atoms with Gasteiger partial charge in [0.1, 0.15) is 6.10 Å². The third-order valence-electron chi connectivity index (χ3n) is 4.49. The lowest BCUT2D eigenvalue weighted by atomic mass is 9.80. The summed E-state index contributed by atoms with van der Waals surface area (Å²) in [5, 5.41) is 3.51. The summed E-state index contributed by atoms with van der Waals surface area (Å²) < 4.78 is 6.22. The minimum absolute atomic E-state index is 0.0991. The number of hydrogen-bond donors (Lipinski definition) is 1. The van der Waals surface area contributed by atoms with Crippen LogP contribution in [0.1, 0.15) is 59.4 Å². The normalized spacial score (nSPS) is 26.6. The van der Waals surface area contributed by atoms with Crippen molar-refractivity contribution in [1.82, 2.24) is 10.3 Å². The highest BCUT2D eigenvalue weighted by Gasteiger charge is 2.26. The van der Waals surface area contributed by atoms with Gasteiger partial charge in [-0.05, 0) is 57.9 Å². The van der Waals surface area contributed by atoms with Crippen LogP contribution in [0.3, 0.4) is 0 Å². The van der Waals surface area contributed by atoms with Crippen molar-refractivity contribution < 1.29 is 4.74 Å². The first-order chi connectivity index (χ1) is 9.85. The lowest BCUT2D eigenvalue weighted by molar-refractivity contribution is 0.0952. The summed E-state index contributed by atoms with van der Waals surface area (Å²) in [5.41, 5.74) is 1.25. The first-order valence-electron chi connectivity index (χ1n) is 8.21. The highest BCUT2D eigenvalue weighted by atomic mass is 16.5. The fourth-order valence-electron chi connectivity index (χ4n) is 2.79. The van der Waals surface area contributed by atoms with Gasteiger partial charge in [-0.3, -0.25) is 0 Å². The molecule has 3 unspecified atom stereocenters. The van der Waals surface area contributed by atoms with Gasteiger partial charge in [-0.1, -0.05) is 19.9 Å². The van der Waals surface area contributed by atoms with E-state index >= 15 is 0 Å². The number of hydrogen-bond acceptors (Lipinski definition) is 3. The molecule has 1 aromatic rings. The smallest absolute Gasteiger partial charge is 0.218 e. The lowest BCUT2D eigenvalue weighted by Gasteiger charge is -2.32. The van der Waals surface area contributed by atoms with Crippen LogP contribution in [0, 0.1) is 11.8 Å². The average Bonchev–Trinajstić information content (AvgIpc) is 2.41. The van der Waals surface area contributed by atoms with Gasteiger partial charge in [-0.25, -0.2) is 4.98 Å². The average molecular weight is 290 g/mol. The highest BCUT2D eigenvalue weighted by Crippen LogP contribution is 2.32. The van der Waals surface area contributed by atoms with Crippen molar-refractivity contribution in [3.8, 4) is 5.88 Å². The van der Waals surface area contributed by atoms with Gasteiger partial charge in [0.25, 0.3) is 0 Å². The fourth-order valence-corrected chi connectivity index (χ4v) is 2.79. The van der Waals surface area contributed by atoms with Crippen LogP contribution in [-0.4, -0.2) is 16.6 Å². The van der Waals surface area contributed by atoms with Crippen LogP contribution in [0.2, 0.25) is 0 Å². The van der Waals surface area contributed by atoms with Crippen molar-refractivity contribution in [2.45, 2.75) is 72.1 Å². The van der Waals surface area contributed by atoms with Crippen molar-refractivity contribution in [2.75, 3.05) is 0 Å². The van der Waals surface area contributed by atoms with Crippen LogP contribution >= 0.6 is 0 Å². The van der Waals surface area contributed by atoms with E-state index in [9.17, 15) is 0 Å². The summed E-state index contributed by atoms with van der Waals surface area (Å²) in [6.45, 7) is 12.0. The zero-order valence-corrected chi connectivity index (χ0v) is 14.1. The summed E-state index contributed by atoms with van der Waals surface area (Å²) in [5.74, 6) is 2.36. The van der Waals surface area contributed by atoms with E-state index in [4.69, 9.17) is 4.74 Å². The Morgan fingerprint density at radius 3 is 2.67 bits per heavy atom. The van der Waals surface area contributed by atoms with Gasteiger partial charge in [-0.15, -0.1) is 0 Å². The van der Waals surface area contributed by atoms with E-state index in [1.165, 1.54) is 6.42 Å². The Bertz CT molecular complexity index is 453. The van der Waals surface area contributed by atoms with Crippen LogP contribution in [0.4, 0.5) is 0 Å². The van der Waals surface area contributed by atoms with E-state index in [1.807, 2.05) is 12.3 Å². The molecule has 0 amide bonds. The van der Waals surface area contributed by atoms with Crippen LogP contribution in [0.5, 0.6) is 5.88 Å². The van der Waals surface area contributed by atoms with E-state index in [0.29, 0.717) is 6.10 Å². The molecular weight excluding hydrogens is 260 g/mol. The number of nitrogens with zero attached hydrogens (tertiary/aromatic N) is 1. The molecule has 1 aliphatic rings. The van der Waals surface area contributed by atoms with Crippen molar-refractivity contribution in [3.63, 3.8) is 0 Å². The number of pyridine rings is 1. The third kappa shape index (κ3) is 4.99. The van der Waals surface area contributed by atoms with Gasteiger partial charge >= 0.3 is 0 Å². The highest BCUT2D eigenvalue weighted by molar-refractivity contribution is 5.25. The van der Waals surface area contributed by atoms with Gasteiger partial charge in [-0.2, -0.15) is 0 Å². The zero-order valence-electron chi connectivity index (χ0n) is 14.1. The Hall–Kier alpha value is -1.09. The van der Waals surface area contributed by atoms with Crippen LogP contribution < -0.4 is 10.1 Å². The van der Waals surface area contributed by atoms with Crippen molar-refractivity contribution in [2.24, 2.45) is 11.8 Å². The minimum atomic E-state index is 0.0991. The molecule has 2 rings (SSSR count). The Balaban J connectivity index is 2.00.